The van der Waals surface area contributed by atoms with E-state index in [0.29, 0.717) is 0 Å². The molecule has 0 bridgehead atoms. The van der Waals surface area contributed by atoms with Crippen molar-refractivity contribution in [1.82, 2.24) is 0 Å². The van der Waals surface area contributed by atoms with Gasteiger partial charge in [0, 0.05) is 16.0 Å². The molecule has 0 aliphatic rings. The standard InChI is InChI=1S/C15H9BrClF3O3S/c1-22-14(21)12-11(24-15(19)20)3-2-10(13(12)16)23-9-5-7(17)4-8(18)6-9/h2-6,15H,1H3. The van der Waals surface area contributed by atoms with Crippen LogP contribution in [0.1, 0.15) is 10.4 Å². The molecular weight excluding hydrogens is 433 g/mol. The summed E-state index contributed by atoms with van der Waals surface area (Å²) in [6.45, 7) is 0. The van der Waals surface area contributed by atoms with Crippen LogP contribution in [0.15, 0.2) is 39.7 Å². The molecule has 2 rings (SSSR count). The van der Waals surface area contributed by atoms with Gasteiger partial charge < -0.3 is 9.47 Å². The molecular formula is C15H9BrClF3O3S. The Labute approximate surface area is 153 Å². The maximum Gasteiger partial charge on any atom is 0.340 e. The van der Waals surface area contributed by atoms with E-state index in [0.717, 1.165) is 19.2 Å². The van der Waals surface area contributed by atoms with Crippen LogP contribution in [0.25, 0.3) is 0 Å². The van der Waals surface area contributed by atoms with Crippen molar-refractivity contribution in [3.05, 3.63) is 51.2 Å². The van der Waals surface area contributed by atoms with E-state index in [1.807, 2.05) is 0 Å². The summed E-state index contributed by atoms with van der Waals surface area (Å²) < 4.78 is 48.9. The normalized spacial score (nSPS) is 10.8. The van der Waals surface area contributed by atoms with E-state index in [9.17, 15) is 18.0 Å². The van der Waals surface area contributed by atoms with Gasteiger partial charge in [0.2, 0.25) is 0 Å². The van der Waals surface area contributed by atoms with Crippen LogP contribution in [-0.2, 0) is 4.74 Å². The third kappa shape index (κ3) is 4.58. The van der Waals surface area contributed by atoms with Gasteiger partial charge in [-0.2, -0.15) is 8.78 Å². The number of methoxy groups -OCH3 is 1. The molecule has 24 heavy (non-hydrogen) atoms. The summed E-state index contributed by atoms with van der Waals surface area (Å²) in [6.07, 6.45) is 0. The summed E-state index contributed by atoms with van der Waals surface area (Å²) in [6, 6.07) is 6.24. The van der Waals surface area contributed by atoms with Crippen molar-refractivity contribution in [2.24, 2.45) is 0 Å². The van der Waals surface area contributed by atoms with Crippen LogP contribution in [0.4, 0.5) is 13.2 Å². The van der Waals surface area contributed by atoms with Gasteiger partial charge >= 0.3 is 5.97 Å². The molecule has 0 aliphatic heterocycles. The molecule has 0 amide bonds. The number of halogens is 5. The number of hydrogen-bond acceptors (Lipinski definition) is 4. The van der Waals surface area contributed by atoms with Crippen molar-refractivity contribution in [3.8, 4) is 11.5 Å². The first-order valence-electron chi connectivity index (χ1n) is 6.31. The smallest absolute Gasteiger partial charge is 0.340 e. The predicted molar refractivity (Wildman–Crippen MR) is 88.8 cm³/mol. The zero-order valence-corrected chi connectivity index (χ0v) is 15.1. The Kier molecular flexibility index (Phi) is 6.42. The molecule has 0 aliphatic carbocycles. The number of carbonyl (C=O) groups excluding carboxylic acids is 1. The lowest BCUT2D eigenvalue weighted by molar-refractivity contribution is 0.0595. The Morgan fingerprint density at radius 3 is 2.58 bits per heavy atom. The summed E-state index contributed by atoms with van der Waals surface area (Å²) in [7, 11) is 1.13. The summed E-state index contributed by atoms with van der Waals surface area (Å²) in [4.78, 5) is 11.9. The van der Waals surface area contributed by atoms with Crippen LogP contribution in [0.2, 0.25) is 5.02 Å². The second-order valence-electron chi connectivity index (χ2n) is 4.33. The monoisotopic (exact) mass is 440 g/mol. The van der Waals surface area contributed by atoms with Gasteiger partial charge in [0.05, 0.1) is 17.1 Å². The Morgan fingerprint density at radius 1 is 1.29 bits per heavy atom. The second-order valence-corrected chi connectivity index (χ2v) is 6.59. The molecule has 128 valence electrons. The average Bonchev–Trinajstić information content (AvgIpc) is 2.48. The van der Waals surface area contributed by atoms with Crippen molar-refractivity contribution < 1.29 is 27.4 Å². The summed E-state index contributed by atoms with van der Waals surface area (Å²) in [5, 5.41) is 0.124. The first-order valence-corrected chi connectivity index (χ1v) is 8.36. The number of rotatable bonds is 5. The van der Waals surface area contributed by atoms with Crippen LogP contribution in [-0.4, -0.2) is 18.8 Å². The lowest BCUT2D eigenvalue weighted by atomic mass is 10.2. The quantitative estimate of drug-likeness (QED) is 0.413. The predicted octanol–water partition coefficient (Wildman–Crippen LogP) is 6.14. The molecule has 0 heterocycles. The Hall–Kier alpha value is -1.38. The van der Waals surface area contributed by atoms with E-state index in [2.05, 4.69) is 20.7 Å². The largest absolute Gasteiger partial charge is 0.465 e. The van der Waals surface area contributed by atoms with Crippen molar-refractivity contribution in [3.63, 3.8) is 0 Å². The lowest BCUT2D eigenvalue weighted by Gasteiger charge is -2.14. The van der Waals surface area contributed by atoms with E-state index >= 15 is 0 Å². The van der Waals surface area contributed by atoms with Crippen LogP contribution in [0.5, 0.6) is 11.5 Å². The molecule has 0 fully saturated rings. The SMILES string of the molecule is COC(=O)c1c(SC(F)F)ccc(Oc2cc(F)cc(Cl)c2)c1Br. The maximum absolute atomic E-state index is 13.4. The number of thioether (sulfide) groups is 1. The van der Waals surface area contributed by atoms with E-state index in [1.54, 1.807) is 0 Å². The zero-order chi connectivity index (χ0) is 17.9. The molecule has 2 aromatic rings. The van der Waals surface area contributed by atoms with Crippen LogP contribution in [0, 0.1) is 5.82 Å². The number of benzene rings is 2. The first kappa shape index (κ1) is 19.0. The molecule has 0 saturated heterocycles. The fourth-order valence-electron chi connectivity index (χ4n) is 1.82. The van der Waals surface area contributed by atoms with Gasteiger partial charge in [-0.3, -0.25) is 0 Å². The van der Waals surface area contributed by atoms with Crippen molar-refractivity contribution in [2.75, 3.05) is 7.11 Å². The fraction of sp³-hybridized carbons (Fsp3) is 0.133. The third-order valence-corrected chi connectivity index (χ3v) is 4.52. The number of esters is 1. The molecule has 3 nitrogen and oxygen atoms in total. The van der Waals surface area contributed by atoms with E-state index < -0.39 is 17.5 Å². The van der Waals surface area contributed by atoms with Gasteiger partial charge in [-0.1, -0.05) is 23.4 Å². The lowest BCUT2D eigenvalue weighted by Crippen LogP contribution is -2.06. The highest BCUT2D eigenvalue weighted by molar-refractivity contribution is 9.10. The zero-order valence-electron chi connectivity index (χ0n) is 12.0. The fourth-order valence-corrected chi connectivity index (χ4v) is 3.39. The molecule has 0 atom stereocenters. The molecule has 0 unspecified atom stereocenters. The van der Waals surface area contributed by atoms with E-state index in [4.69, 9.17) is 16.3 Å². The minimum Gasteiger partial charge on any atom is -0.465 e. The topological polar surface area (TPSA) is 35.5 Å². The van der Waals surface area contributed by atoms with Gasteiger partial charge in [0.25, 0.3) is 5.76 Å². The van der Waals surface area contributed by atoms with Crippen LogP contribution >= 0.6 is 39.3 Å². The van der Waals surface area contributed by atoms with Crippen molar-refractivity contribution in [1.29, 1.82) is 0 Å². The summed E-state index contributed by atoms with van der Waals surface area (Å²) in [5.74, 6) is -3.92. The Balaban J connectivity index is 2.46. The van der Waals surface area contributed by atoms with E-state index in [1.165, 1.54) is 18.2 Å². The van der Waals surface area contributed by atoms with Gasteiger partial charge in [0.15, 0.2) is 0 Å². The van der Waals surface area contributed by atoms with Crippen LogP contribution in [0.3, 0.4) is 0 Å². The minimum atomic E-state index is -2.71. The molecule has 0 aromatic heterocycles. The van der Waals surface area contributed by atoms with Gasteiger partial charge in [-0.25, -0.2) is 9.18 Å². The van der Waals surface area contributed by atoms with Gasteiger partial charge in [0.1, 0.15) is 17.3 Å². The van der Waals surface area contributed by atoms with Crippen molar-refractivity contribution in [2.45, 2.75) is 10.7 Å². The molecule has 2 aromatic carbocycles. The number of ether oxygens (including phenoxy) is 2. The molecule has 0 spiro atoms. The van der Waals surface area contributed by atoms with Gasteiger partial charge in [-0.15, -0.1) is 0 Å². The van der Waals surface area contributed by atoms with Gasteiger partial charge in [-0.05, 0) is 40.2 Å². The average molecular weight is 442 g/mol. The number of alkyl halides is 2. The highest BCUT2D eigenvalue weighted by Gasteiger charge is 2.22. The molecule has 0 saturated carbocycles. The molecule has 0 radical (unpaired) electrons. The number of hydrogen-bond donors (Lipinski definition) is 0. The van der Waals surface area contributed by atoms with E-state index in [-0.39, 0.29) is 43.2 Å². The second kappa shape index (κ2) is 8.13. The Bertz CT molecular complexity index is 754. The summed E-state index contributed by atoms with van der Waals surface area (Å²) >= 11 is 9.10. The first-order chi connectivity index (χ1) is 11.3. The third-order valence-electron chi connectivity index (χ3n) is 2.74. The highest BCUT2D eigenvalue weighted by atomic mass is 79.9. The minimum absolute atomic E-state index is 0.0216. The maximum atomic E-state index is 13.4. The highest BCUT2D eigenvalue weighted by Crippen LogP contribution is 2.40. The Morgan fingerprint density at radius 2 is 2.00 bits per heavy atom. The summed E-state index contributed by atoms with van der Waals surface area (Å²) in [5.41, 5.74) is -0.109. The number of carbonyl (C=O) groups is 1. The molecule has 0 N–H and O–H groups in total. The molecule has 9 heteroatoms. The van der Waals surface area contributed by atoms with Crippen molar-refractivity contribution >= 4 is 45.3 Å². The van der Waals surface area contributed by atoms with Crippen LogP contribution < -0.4 is 4.74 Å².